The van der Waals surface area contributed by atoms with E-state index in [4.69, 9.17) is 0 Å². The molecule has 0 spiro atoms. The maximum absolute atomic E-state index is 12.2. The molecule has 0 unspecified atom stereocenters. The first-order chi connectivity index (χ1) is 13.1. The molecule has 7 heteroatoms. The van der Waals surface area contributed by atoms with Crippen molar-refractivity contribution in [3.63, 3.8) is 0 Å². The number of nitrogens with zero attached hydrogens (tertiary/aromatic N) is 3. The highest BCUT2D eigenvalue weighted by Crippen LogP contribution is 2.21. The number of rotatable bonds is 11. The summed E-state index contributed by atoms with van der Waals surface area (Å²) in [6.45, 7) is 5.81. The zero-order valence-electron chi connectivity index (χ0n) is 16.9. The number of unbranched alkanes of at least 4 members (excludes halogenated alkanes) is 1. The summed E-state index contributed by atoms with van der Waals surface area (Å²) in [5.41, 5.74) is 1.10. The van der Waals surface area contributed by atoms with Gasteiger partial charge in [-0.25, -0.2) is 0 Å². The van der Waals surface area contributed by atoms with Gasteiger partial charge in [-0.1, -0.05) is 62.4 Å². The predicted octanol–water partition coefficient (Wildman–Crippen LogP) is 2.08. The van der Waals surface area contributed by atoms with E-state index in [-0.39, 0.29) is 5.91 Å². The van der Waals surface area contributed by atoms with E-state index in [0.29, 0.717) is 18.3 Å². The second-order valence-corrected chi connectivity index (χ2v) is 7.88. The van der Waals surface area contributed by atoms with Crippen LogP contribution in [0.2, 0.25) is 0 Å². The van der Waals surface area contributed by atoms with Crippen LogP contribution in [-0.2, 0) is 17.9 Å². The van der Waals surface area contributed by atoms with Gasteiger partial charge in [0, 0.05) is 19.5 Å². The van der Waals surface area contributed by atoms with Crippen molar-refractivity contribution in [2.75, 3.05) is 19.8 Å². The van der Waals surface area contributed by atoms with E-state index in [1.807, 2.05) is 30.3 Å². The second kappa shape index (κ2) is 11.1. The van der Waals surface area contributed by atoms with Crippen LogP contribution in [0.1, 0.15) is 50.5 Å². The normalized spacial score (nSPS) is 12.3. The summed E-state index contributed by atoms with van der Waals surface area (Å²) < 4.78 is 2.21. The highest BCUT2D eigenvalue weighted by atomic mass is 32.2. The molecule has 6 nitrogen and oxygen atoms in total. The maximum Gasteiger partial charge on any atom is 0.230 e. The van der Waals surface area contributed by atoms with E-state index in [2.05, 4.69) is 48.0 Å². The number of quaternary nitrogens is 1. The molecule has 0 fully saturated rings. The number of carbonyl (C=O) groups excluding carboxylic acids is 1. The van der Waals surface area contributed by atoms with E-state index in [0.717, 1.165) is 42.4 Å². The van der Waals surface area contributed by atoms with Gasteiger partial charge in [0.15, 0.2) is 11.0 Å². The van der Waals surface area contributed by atoms with Gasteiger partial charge >= 0.3 is 0 Å². The summed E-state index contributed by atoms with van der Waals surface area (Å²) in [5, 5.41) is 12.7. The van der Waals surface area contributed by atoms with Gasteiger partial charge in [0.25, 0.3) is 0 Å². The molecule has 0 saturated heterocycles. The van der Waals surface area contributed by atoms with Crippen LogP contribution in [0.25, 0.3) is 0 Å². The molecule has 0 aliphatic rings. The fraction of sp³-hybridized carbons (Fsp3) is 0.550. The summed E-state index contributed by atoms with van der Waals surface area (Å²) in [5.74, 6) is 1.39. The van der Waals surface area contributed by atoms with Crippen LogP contribution in [0, 0.1) is 0 Å². The Morgan fingerprint density at radius 1 is 1.22 bits per heavy atom. The lowest BCUT2D eigenvalue weighted by atomic mass is 10.2. The van der Waals surface area contributed by atoms with Gasteiger partial charge in [-0.3, -0.25) is 4.79 Å². The highest BCUT2D eigenvalue weighted by Gasteiger charge is 2.24. The Morgan fingerprint density at radius 2 is 1.96 bits per heavy atom. The Labute approximate surface area is 166 Å². The minimum Gasteiger partial charge on any atom is -0.351 e. The lowest BCUT2D eigenvalue weighted by Gasteiger charge is -2.20. The lowest BCUT2D eigenvalue weighted by molar-refractivity contribution is -0.893. The quantitative estimate of drug-likeness (QED) is 0.577. The molecule has 1 amide bonds. The number of carbonyl (C=O) groups is 1. The predicted molar refractivity (Wildman–Crippen MR) is 110 cm³/mol. The number of thioether (sulfide) groups is 1. The summed E-state index contributed by atoms with van der Waals surface area (Å²) >= 11 is 1.47. The van der Waals surface area contributed by atoms with Crippen LogP contribution in [0.5, 0.6) is 0 Å². The number of amides is 1. The summed E-state index contributed by atoms with van der Waals surface area (Å²) in [7, 11) is 4.30. The number of nitrogens with one attached hydrogen (secondary N) is 2. The molecule has 1 aromatic heterocycles. The molecular weight excluding hydrogens is 358 g/mol. The minimum atomic E-state index is 0.0146. The number of aromatic nitrogens is 3. The van der Waals surface area contributed by atoms with Crippen molar-refractivity contribution < 1.29 is 9.69 Å². The first kappa shape index (κ1) is 21.4. The van der Waals surface area contributed by atoms with Gasteiger partial charge in [0.05, 0.1) is 19.8 Å². The van der Waals surface area contributed by atoms with Crippen molar-refractivity contribution in [2.45, 2.75) is 57.4 Å². The molecule has 1 heterocycles. The summed E-state index contributed by atoms with van der Waals surface area (Å²) in [6, 6.07) is 10.3. The summed E-state index contributed by atoms with van der Waals surface area (Å²) in [6.07, 6.45) is 3.21. The van der Waals surface area contributed by atoms with Gasteiger partial charge in [0.2, 0.25) is 5.91 Å². The van der Waals surface area contributed by atoms with E-state index < -0.39 is 0 Å². The van der Waals surface area contributed by atoms with Gasteiger partial charge in [0.1, 0.15) is 6.04 Å². The van der Waals surface area contributed by atoms with Gasteiger partial charge in [-0.05, 0) is 12.0 Å². The van der Waals surface area contributed by atoms with Crippen molar-refractivity contribution in [1.82, 2.24) is 20.1 Å². The lowest BCUT2D eigenvalue weighted by Crippen LogP contribution is -3.06. The molecule has 2 aromatic rings. The second-order valence-electron chi connectivity index (χ2n) is 6.94. The first-order valence-electron chi connectivity index (χ1n) is 9.73. The number of benzene rings is 1. The molecule has 0 aliphatic heterocycles. The van der Waals surface area contributed by atoms with Crippen LogP contribution in [-0.4, -0.2) is 40.5 Å². The molecule has 2 rings (SSSR count). The largest absolute Gasteiger partial charge is 0.351 e. The smallest absolute Gasteiger partial charge is 0.230 e. The molecule has 0 aliphatic carbocycles. The van der Waals surface area contributed by atoms with Gasteiger partial charge in [-0.15, -0.1) is 10.2 Å². The third-order valence-electron chi connectivity index (χ3n) is 4.56. The van der Waals surface area contributed by atoms with Crippen LogP contribution in [0.3, 0.4) is 0 Å². The van der Waals surface area contributed by atoms with E-state index in [1.54, 1.807) is 0 Å². The zero-order valence-corrected chi connectivity index (χ0v) is 17.7. The Balaban J connectivity index is 2.00. The van der Waals surface area contributed by atoms with Crippen molar-refractivity contribution in [1.29, 1.82) is 0 Å². The Hall–Kier alpha value is -1.86. The molecular formula is C20H32N5OS+. The molecule has 27 heavy (non-hydrogen) atoms. The fourth-order valence-electron chi connectivity index (χ4n) is 3.02. The molecule has 0 saturated carbocycles. The van der Waals surface area contributed by atoms with E-state index in [1.165, 1.54) is 16.7 Å². The fourth-order valence-corrected chi connectivity index (χ4v) is 3.82. The molecule has 148 valence electrons. The average molecular weight is 391 g/mol. The monoisotopic (exact) mass is 390 g/mol. The van der Waals surface area contributed by atoms with Gasteiger partial charge < -0.3 is 14.8 Å². The molecule has 0 radical (unpaired) electrons. The zero-order chi connectivity index (χ0) is 19.6. The van der Waals surface area contributed by atoms with Crippen LogP contribution >= 0.6 is 11.8 Å². The SMILES string of the molecule is CCCCn1c(SCC(=O)NCc2ccccc2)nnc1[C@H](CC)[NH+](C)C. The Bertz CT molecular complexity index is 702. The molecule has 1 atom stereocenters. The van der Waals surface area contributed by atoms with E-state index >= 15 is 0 Å². The van der Waals surface area contributed by atoms with Gasteiger partial charge in [-0.2, -0.15) is 0 Å². The highest BCUT2D eigenvalue weighted by molar-refractivity contribution is 7.99. The Kier molecular flexibility index (Phi) is 8.81. The first-order valence-corrected chi connectivity index (χ1v) is 10.7. The van der Waals surface area contributed by atoms with Crippen molar-refractivity contribution >= 4 is 17.7 Å². The standard InChI is InChI=1S/C20H31N5OS/c1-5-7-13-25-19(17(6-2)24(3)4)22-23-20(25)27-15-18(26)21-14-16-11-9-8-10-12-16/h8-12,17H,5-7,13-15H2,1-4H3,(H,21,26)/p+1/t17-/m0/s1. The molecule has 0 bridgehead atoms. The van der Waals surface area contributed by atoms with Crippen molar-refractivity contribution in [3.8, 4) is 0 Å². The van der Waals surface area contributed by atoms with Crippen LogP contribution in [0.15, 0.2) is 35.5 Å². The minimum absolute atomic E-state index is 0.0146. The van der Waals surface area contributed by atoms with E-state index in [9.17, 15) is 4.79 Å². The molecule has 2 N–H and O–H groups in total. The topological polar surface area (TPSA) is 64.2 Å². The van der Waals surface area contributed by atoms with Crippen molar-refractivity contribution in [2.24, 2.45) is 0 Å². The maximum atomic E-state index is 12.2. The average Bonchev–Trinajstić information content (AvgIpc) is 3.06. The van der Waals surface area contributed by atoms with Crippen LogP contribution in [0.4, 0.5) is 0 Å². The molecule has 1 aromatic carbocycles. The third kappa shape index (κ3) is 6.36. The van der Waals surface area contributed by atoms with Crippen molar-refractivity contribution in [3.05, 3.63) is 41.7 Å². The van der Waals surface area contributed by atoms with Crippen LogP contribution < -0.4 is 10.2 Å². The number of hydrogen-bond acceptors (Lipinski definition) is 4. The number of hydrogen-bond donors (Lipinski definition) is 2. The Morgan fingerprint density at radius 3 is 2.59 bits per heavy atom. The summed E-state index contributed by atoms with van der Waals surface area (Å²) in [4.78, 5) is 13.6. The third-order valence-corrected chi connectivity index (χ3v) is 5.53.